The van der Waals surface area contributed by atoms with Crippen molar-refractivity contribution in [2.45, 2.75) is 72.8 Å². The van der Waals surface area contributed by atoms with Gasteiger partial charge >= 0.3 is 23.6 Å². The second-order valence-electron chi connectivity index (χ2n) is 9.83. The summed E-state index contributed by atoms with van der Waals surface area (Å²) >= 11 is 0. The Morgan fingerprint density at radius 3 is 2.16 bits per heavy atom. The van der Waals surface area contributed by atoms with Gasteiger partial charge in [0.2, 0.25) is 12.0 Å². The highest BCUT2D eigenvalue weighted by atomic mass is 19.2. The third-order valence-corrected chi connectivity index (χ3v) is 5.19. The van der Waals surface area contributed by atoms with E-state index in [9.17, 15) is 19.2 Å². The Balaban J connectivity index is 2.53. The Morgan fingerprint density at radius 1 is 1.08 bits per heavy atom. The smallest absolute Gasteiger partial charge is 0.353 e. The predicted octanol–water partition coefficient (Wildman–Crippen LogP) is 2.73. The zero-order chi connectivity index (χ0) is 28.1. The quantitative estimate of drug-likeness (QED) is 0.241. The first-order chi connectivity index (χ1) is 17.2. The van der Waals surface area contributed by atoms with E-state index in [4.69, 9.17) is 23.7 Å². The number of alkyl halides is 1. The van der Waals surface area contributed by atoms with Gasteiger partial charge in [0, 0.05) is 12.3 Å². The van der Waals surface area contributed by atoms with Gasteiger partial charge in [-0.3, -0.25) is 19.0 Å². The SMILES string of the molecule is C=C(C)COc1ccn([C@@H]2O[C@](F)(COC(=O)C(C)C)[C@@H](OC(=O)C(C)C)[C@H]2OC(=O)C(C)C)c(=O)n1. The monoisotopic (exact) mass is 526 g/mol. The fourth-order valence-electron chi connectivity index (χ4n) is 3.07. The summed E-state index contributed by atoms with van der Waals surface area (Å²) in [5, 5.41) is 0. The number of ether oxygens (including phenoxy) is 5. The lowest BCUT2D eigenvalue weighted by Gasteiger charge is -2.28. The molecule has 11 nitrogen and oxygen atoms in total. The molecule has 0 saturated carbocycles. The molecule has 206 valence electrons. The number of nitrogens with zero attached hydrogens (tertiary/aromatic N) is 2. The average Bonchev–Trinajstić information content (AvgIpc) is 3.07. The average molecular weight is 527 g/mol. The summed E-state index contributed by atoms with van der Waals surface area (Å²) in [6, 6.07) is 1.33. The van der Waals surface area contributed by atoms with Crippen LogP contribution in [0.3, 0.4) is 0 Å². The Bertz CT molecular complexity index is 1070. The molecule has 1 aromatic heterocycles. The normalized spacial score (nSPS) is 23.3. The molecular weight excluding hydrogens is 491 g/mol. The molecule has 4 atom stereocenters. The Labute approximate surface area is 214 Å². The summed E-state index contributed by atoms with van der Waals surface area (Å²) in [5.74, 6) is -7.15. The Morgan fingerprint density at radius 2 is 1.65 bits per heavy atom. The molecule has 1 aliphatic heterocycles. The van der Waals surface area contributed by atoms with Crippen LogP contribution >= 0.6 is 0 Å². The molecule has 1 aliphatic rings. The zero-order valence-electron chi connectivity index (χ0n) is 22.2. The van der Waals surface area contributed by atoms with E-state index in [0.29, 0.717) is 5.57 Å². The van der Waals surface area contributed by atoms with Gasteiger partial charge in [-0.15, -0.1) is 0 Å². The molecule has 2 rings (SSSR count). The van der Waals surface area contributed by atoms with Crippen LogP contribution in [0.4, 0.5) is 4.39 Å². The second kappa shape index (κ2) is 12.3. The number of carbonyl (C=O) groups is 3. The van der Waals surface area contributed by atoms with E-state index in [1.165, 1.54) is 26.1 Å². The van der Waals surface area contributed by atoms with Gasteiger partial charge < -0.3 is 23.7 Å². The Hall–Kier alpha value is -3.28. The standard InChI is InChI=1S/C25H35FN2O9/c1-13(2)11-33-17-9-10-28(24(32)27-17)20-18(35-22(30)15(5)6)19(36-23(31)16(7)8)25(26,37-20)12-34-21(29)14(3)4/h9-10,14-16,18-20H,1,11-12H2,2-8H3/t18-,19+,20-,25-/m1/s1. The molecule has 0 amide bonds. The highest BCUT2D eigenvalue weighted by molar-refractivity contribution is 5.73. The largest absolute Gasteiger partial charge is 0.473 e. The fourth-order valence-corrected chi connectivity index (χ4v) is 3.07. The van der Waals surface area contributed by atoms with Gasteiger partial charge in [-0.05, 0) is 12.5 Å². The molecule has 12 heteroatoms. The predicted molar refractivity (Wildman–Crippen MR) is 128 cm³/mol. The van der Waals surface area contributed by atoms with E-state index < -0.39 is 72.2 Å². The molecule has 0 bridgehead atoms. The van der Waals surface area contributed by atoms with Crippen LogP contribution in [0.5, 0.6) is 5.88 Å². The van der Waals surface area contributed by atoms with E-state index >= 15 is 4.39 Å². The molecule has 1 saturated heterocycles. The van der Waals surface area contributed by atoms with Crippen LogP contribution in [0.25, 0.3) is 0 Å². The number of hydrogen-bond acceptors (Lipinski definition) is 10. The lowest BCUT2D eigenvalue weighted by molar-refractivity contribution is -0.226. The maximum atomic E-state index is 16.3. The lowest BCUT2D eigenvalue weighted by atomic mass is 10.1. The first-order valence-corrected chi connectivity index (χ1v) is 12.0. The van der Waals surface area contributed by atoms with Gasteiger partial charge in [-0.1, -0.05) is 48.1 Å². The van der Waals surface area contributed by atoms with Gasteiger partial charge in [0.05, 0.1) is 17.8 Å². The molecule has 2 heterocycles. The molecule has 0 aliphatic carbocycles. The van der Waals surface area contributed by atoms with Crippen molar-refractivity contribution in [2.24, 2.45) is 17.8 Å². The molecule has 0 aromatic carbocycles. The van der Waals surface area contributed by atoms with E-state index in [0.717, 1.165) is 4.57 Å². The molecule has 1 aromatic rings. The van der Waals surface area contributed by atoms with Crippen LogP contribution in [0.15, 0.2) is 29.2 Å². The van der Waals surface area contributed by atoms with Crippen molar-refractivity contribution in [2.75, 3.05) is 13.2 Å². The van der Waals surface area contributed by atoms with Crippen molar-refractivity contribution in [1.29, 1.82) is 0 Å². The minimum absolute atomic E-state index is 0.0156. The highest BCUT2D eigenvalue weighted by Gasteiger charge is 2.62. The van der Waals surface area contributed by atoms with Crippen LogP contribution in [-0.4, -0.2) is 58.7 Å². The number of carbonyl (C=O) groups excluding carboxylic acids is 3. The van der Waals surface area contributed by atoms with Crippen molar-refractivity contribution in [3.8, 4) is 5.88 Å². The summed E-state index contributed by atoms with van der Waals surface area (Å²) in [5.41, 5.74) is -0.217. The Kier molecular flexibility index (Phi) is 9.96. The van der Waals surface area contributed by atoms with Gasteiger partial charge in [0.1, 0.15) is 6.61 Å². The van der Waals surface area contributed by atoms with E-state index in [1.54, 1.807) is 34.6 Å². The molecule has 0 unspecified atom stereocenters. The summed E-state index contributed by atoms with van der Waals surface area (Å²) in [4.78, 5) is 53.7. The van der Waals surface area contributed by atoms with Crippen molar-refractivity contribution in [3.05, 3.63) is 34.9 Å². The van der Waals surface area contributed by atoms with Crippen LogP contribution < -0.4 is 10.4 Å². The minimum Gasteiger partial charge on any atom is -0.473 e. The molecule has 0 N–H and O–H groups in total. The first kappa shape index (κ1) is 29.9. The van der Waals surface area contributed by atoms with Crippen LogP contribution in [0, 0.1) is 17.8 Å². The lowest BCUT2D eigenvalue weighted by Crippen LogP contribution is -2.48. The third-order valence-electron chi connectivity index (χ3n) is 5.19. The van der Waals surface area contributed by atoms with Crippen molar-refractivity contribution >= 4 is 17.9 Å². The highest BCUT2D eigenvalue weighted by Crippen LogP contribution is 2.42. The van der Waals surface area contributed by atoms with E-state index in [2.05, 4.69) is 11.6 Å². The zero-order valence-corrected chi connectivity index (χ0v) is 22.2. The fraction of sp³-hybridized carbons (Fsp3) is 0.640. The summed E-state index contributed by atoms with van der Waals surface area (Å²) in [6.07, 6.45) is -3.86. The van der Waals surface area contributed by atoms with Crippen LogP contribution in [-0.2, 0) is 33.3 Å². The maximum absolute atomic E-state index is 16.3. The van der Waals surface area contributed by atoms with E-state index in [-0.39, 0.29) is 12.5 Å². The molecule has 37 heavy (non-hydrogen) atoms. The number of hydrogen-bond donors (Lipinski definition) is 0. The number of rotatable bonds is 11. The van der Waals surface area contributed by atoms with Gasteiger partial charge in [0.25, 0.3) is 5.85 Å². The third kappa shape index (κ3) is 7.61. The number of esters is 3. The van der Waals surface area contributed by atoms with Gasteiger partial charge in [-0.2, -0.15) is 4.98 Å². The number of halogens is 1. The van der Waals surface area contributed by atoms with Gasteiger partial charge in [0.15, 0.2) is 18.9 Å². The van der Waals surface area contributed by atoms with Crippen LogP contribution in [0.2, 0.25) is 0 Å². The maximum Gasteiger partial charge on any atom is 0.353 e. The van der Waals surface area contributed by atoms with Crippen LogP contribution in [0.1, 0.15) is 54.7 Å². The van der Waals surface area contributed by atoms with Crippen molar-refractivity contribution in [3.63, 3.8) is 0 Å². The summed E-state index contributed by atoms with van der Waals surface area (Å²) < 4.78 is 44.1. The molecule has 0 radical (unpaired) electrons. The molecule has 0 spiro atoms. The number of aromatic nitrogens is 2. The molecule has 1 fully saturated rings. The van der Waals surface area contributed by atoms with E-state index in [1.807, 2.05) is 0 Å². The first-order valence-electron chi connectivity index (χ1n) is 12.0. The minimum atomic E-state index is -2.95. The van der Waals surface area contributed by atoms with Crippen molar-refractivity contribution in [1.82, 2.24) is 9.55 Å². The molecular formula is C25H35FN2O9. The second-order valence-corrected chi connectivity index (χ2v) is 9.83. The topological polar surface area (TPSA) is 132 Å². The van der Waals surface area contributed by atoms with Gasteiger partial charge in [-0.25, -0.2) is 9.18 Å². The van der Waals surface area contributed by atoms with Crippen molar-refractivity contribution < 1.29 is 42.5 Å². The summed E-state index contributed by atoms with van der Waals surface area (Å²) in [6.45, 7) is 13.8. The summed E-state index contributed by atoms with van der Waals surface area (Å²) in [7, 11) is 0.